The topological polar surface area (TPSA) is 110 Å². The second-order valence-electron chi connectivity index (χ2n) is 6.19. The van der Waals surface area contributed by atoms with Gasteiger partial charge in [-0.2, -0.15) is 9.64 Å². The van der Waals surface area contributed by atoms with Gasteiger partial charge in [-0.05, 0) is 36.2 Å². The highest BCUT2D eigenvalue weighted by Gasteiger charge is 2.24. The zero-order chi connectivity index (χ0) is 19.4. The molecular weight excluding hydrogens is 366 g/mol. The molecule has 1 aromatic carbocycles. The molecule has 3 rings (SSSR count). The standard InChI is InChI=1S/C18H19N5O3S/c1-12-15(10-19)16(27-21-12)22-6-8-23(9-7-22)18(26)20-11-13-2-4-14(5-3-13)17(24)25/h2-5H,6-9,11H2,1H3,(H,20,26)(H,24,25). The Kier molecular flexibility index (Phi) is 5.57. The van der Waals surface area contributed by atoms with E-state index in [2.05, 4.69) is 20.7 Å². The molecule has 0 radical (unpaired) electrons. The molecule has 2 heterocycles. The van der Waals surface area contributed by atoms with Gasteiger partial charge in [-0.25, -0.2) is 9.59 Å². The van der Waals surface area contributed by atoms with Crippen molar-refractivity contribution in [2.75, 3.05) is 31.1 Å². The average Bonchev–Trinajstić information content (AvgIpc) is 3.07. The summed E-state index contributed by atoms with van der Waals surface area (Å²) in [5.74, 6) is -0.973. The SMILES string of the molecule is Cc1nsc(N2CCN(C(=O)NCc3ccc(C(=O)O)cc3)CC2)c1C#N. The molecule has 0 unspecified atom stereocenters. The van der Waals surface area contributed by atoms with Crippen LogP contribution in [0, 0.1) is 18.3 Å². The van der Waals surface area contributed by atoms with Gasteiger partial charge in [0, 0.05) is 32.7 Å². The number of benzene rings is 1. The molecule has 2 aromatic rings. The van der Waals surface area contributed by atoms with Gasteiger partial charge in [-0.1, -0.05) is 12.1 Å². The van der Waals surface area contributed by atoms with Crippen LogP contribution in [0.15, 0.2) is 24.3 Å². The van der Waals surface area contributed by atoms with Crippen LogP contribution in [-0.4, -0.2) is 52.6 Å². The summed E-state index contributed by atoms with van der Waals surface area (Å²) in [4.78, 5) is 27.0. The van der Waals surface area contributed by atoms with Gasteiger partial charge in [0.05, 0.1) is 11.3 Å². The molecule has 1 aliphatic heterocycles. The molecule has 1 fully saturated rings. The van der Waals surface area contributed by atoms with E-state index in [9.17, 15) is 14.9 Å². The molecule has 0 bridgehead atoms. The molecule has 1 saturated heterocycles. The van der Waals surface area contributed by atoms with Gasteiger partial charge in [0.25, 0.3) is 0 Å². The molecule has 2 amide bonds. The van der Waals surface area contributed by atoms with Gasteiger partial charge < -0.3 is 20.2 Å². The van der Waals surface area contributed by atoms with Crippen LogP contribution in [0.3, 0.4) is 0 Å². The summed E-state index contributed by atoms with van der Waals surface area (Å²) in [7, 11) is 0. The van der Waals surface area contributed by atoms with Crippen molar-refractivity contribution in [2.24, 2.45) is 0 Å². The zero-order valence-electron chi connectivity index (χ0n) is 14.8. The largest absolute Gasteiger partial charge is 0.478 e. The van der Waals surface area contributed by atoms with Crippen LogP contribution in [0.2, 0.25) is 0 Å². The highest BCUT2D eigenvalue weighted by atomic mass is 32.1. The normalized spacial score (nSPS) is 13.9. The molecule has 27 heavy (non-hydrogen) atoms. The summed E-state index contributed by atoms with van der Waals surface area (Å²) in [6.07, 6.45) is 0. The number of aromatic nitrogens is 1. The first-order valence-corrected chi connectivity index (χ1v) is 9.23. The Morgan fingerprint density at radius 1 is 1.26 bits per heavy atom. The fourth-order valence-electron chi connectivity index (χ4n) is 2.87. The smallest absolute Gasteiger partial charge is 0.335 e. The van der Waals surface area contributed by atoms with Gasteiger partial charge >= 0.3 is 12.0 Å². The molecule has 0 atom stereocenters. The molecule has 1 aromatic heterocycles. The van der Waals surface area contributed by atoms with Crippen LogP contribution >= 0.6 is 11.5 Å². The van der Waals surface area contributed by atoms with E-state index in [4.69, 9.17) is 5.11 Å². The first-order valence-electron chi connectivity index (χ1n) is 8.46. The van der Waals surface area contributed by atoms with Gasteiger partial charge in [-0.15, -0.1) is 0 Å². The van der Waals surface area contributed by atoms with Crippen molar-refractivity contribution in [1.82, 2.24) is 14.6 Å². The maximum absolute atomic E-state index is 12.4. The third-order valence-corrected chi connectivity index (χ3v) is 5.46. The summed E-state index contributed by atoms with van der Waals surface area (Å²) < 4.78 is 4.24. The second kappa shape index (κ2) is 8.05. The van der Waals surface area contributed by atoms with Gasteiger partial charge in [0.1, 0.15) is 16.6 Å². The molecule has 0 spiro atoms. The number of nitriles is 1. The lowest BCUT2D eigenvalue weighted by Crippen LogP contribution is -2.51. The number of nitrogens with one attached hydrogen (secondary N) is 1. The number of rotatable bonds is 4. The number of carboxylic acids is 1. The zero-order valence-corrected chi connectivity index (χ0v) is 15.6. The molecule has 0 saturated carbocycles. The number of piperazine rings is 1. The third-order valence-electron chi connectivity index (χ3n) is 4.46. The number of urea groups is 1. The Labute approximate surface area is 160 Å². The summed E-state index contributed by atoms with van der Waals surface area (Å²) >= 11 is 1.32. The van der Waals surface area contributed by atoms with Crippen LogP contribution < -0.4 is 10.2 Å². The predicted octanol–water partition coefficient (Wildman–Crippen LogP) is 2.05. The molecule has 9 heteroatoms. The predicted molar refractivity (Wildman–Crippen MR) is 101 cm³/mol. The number of nitrogens with zero attached hydrogens (tertiary/aromatic N) is 4. The van der Waals surface area contributed by atoms with Crippen molar-refractivity contribution in [3.8, 4) is 6.07 Å². The number of hydrogen-bond donors (Lipinski definition) is 2. The first kappa shape index (κ1) is 18.7. The number of anilines is 1. The Bertz CT molecular complexity index is 879. The van der Waals surface area contributed by atoms with Crippen molar-refractivity contribution in [1.29, 1.82) is 5.26 Å². The van der Waals surface area contributed by atoms with Gasteiger partial charge in [-0.3, -0.25) is 0 Å². The van der Waals surface area contributed by atoms with Crippen molar-refractivity contribution in [3.63, 3.8) is 0 Å². The number of carbonyl (C=O) groups excluding carboxylic acids is 1. The number of aromatic carboxylic acids is 1. The third kappa shape index (κ3) is 4.17. The minimum atomic E-state index is -0.973. The highest BCUT2D eigenvalue weighted by Crippen LogP contribution is 2.28. The summed E-state index contributed by atoms with van der Waals surface area (Å²) in [5.41, 5.74) is 2.41. The van der Waals surface area contributed by atoms with E-state index in [1.165, 1.54) is 23.7 Å². The van der Waals surface area contributed by atoms with Crippen LogP contribution in [0.1, 0.15) is 27.2 Å². The van der Waals surface area contributed by atoms with Crippen LogP contribution in [-0.2, 0) is 6.54 Å². The van der Waals surface area contributed by atoms with Crippen LogP contribution in [0.25, 0.3) is 0 Å². The molecular formula is C18H19N5O3S. The Morgan fingerprint density at radius 2 is 1.93 bits per heavy atom. The Hall–Kier alpha value is -3.12. The average molecular weight is 385 g/mol. The highest BCUT2D eigenvalue weighted by molar-refractivity contribution is 7.10. The van der Waals surface area contributed by atoms with E-state index < -0.39 is 5.97 Å². The van der Waals surface area contributed by atoms with Crippen molar-refractivity contribution in [2.45, 2.75) is 13.5 Å². The fourth-order valence-corrected chi connectivity index (χ4v) is 3.77. The van der Waals surface area contributed by atoms with Gasteiger partial charge in [0.15, 0.2) is 0 Å². The molecule has 1 aliphatic rings. The summed E-state index contributed by atoms with van der Waals surface area (Å²) in [6, 6.07) is 8.47. The van der Waals surface area contributed by atoms with E-state index in [-0.39, 0.29) is 11.6 Å². The first-order chi connectivity index (χ1) is 13.0. The van der Waals surface area contributed by atoms with E-state index in [1.807, 2.05) is 6.92 Å². The van der Waals surface area contributed by atoms with Crippen LogP contribution in [0.5, 0.6) is 0 Å². The van der Waals surface area contributed by atoms with Crippen molar-refractivity contribution >= 4 is 28.5 Å². The second-order valence-corrected chi connectivity index (χ2v) is 6.95. The van der Waals surface area contributed by atoms with Gasteiger partial charge in [0.2, 0.25) is 0 Å². The number of amides is 2. The quantitative estimate of drug-likeness (QED) is 0.834. The lowest BCUT2D eigenvalue weighted by atomic mass is 10.1. The fraction of sp³-hybridized carbons (Fsp3) is 0.333. The minimum absolute atomic E-state index is 0.155. The van der Waals surface area contributed by atoms with Crippen molar-refractivity contribution in [3.05, 3.63) is 46.6 Å². The summed E-state index contributed by atoms with van der Waals surface area (Å²) in [6.45, 7) is 4.59. The van der Waals surface area contributed by atoms with E-state index in [1.54, 1.807) is 17.0 Å². The lowest BCUT2D eigenvalue weighted by Gasteiger charge is -2.35. The maximum atomic E-state index is 12.4. The summed E-state index contributed by atoms with van der Waals surface area (Å²) in [5, 5.41) is 21.9. The monoisotopic (exact) mass is 385 g/mol. The Morgan fingerprint density at radius 3 is 2.52 bits per heavy atom. The van der Waals surface area contributed by atoms with E-state index >= 15 is 0 Å². The molecule has 2 N–H and O–H groups in total. The number of aryl methyl sites for hydroxylation is 1. The van der Waals surface area contributed by atoms with E-state index in [0.717, 1.165) is 16.3 Å². The maximum Gasteiger partial charge on any atom is 0.335 e. The lowest BCUT2D eigenvalue weighted by molar-refractivity contribution is 0.0697. The van der Waals surface area contributed by atoms with Crippen molar-refractivity contribution < 1.29 is 14.7 Å². The molecule has 0 aliphatic carbocycles. The van der Waals surface area contributed by atoms with Crippen LogP contribution in [0.4, 0.5) is 9.80 Å². The minimum Gasteiger partial charge on any atom is -0.478 e. The Balaban J connectivity index is 1.51. The molecule has 140 valence electrons. The molecule has 8 nitrogen and oxygen atoms in total. The number of carboxylic acid groups (broad SMARTS) is 1. The van der Waals surface area contributed by atoms with E-state index in [0.29, 0.717) is 38.3 Å². The number of hydrogen-bond acceptors (Lipinski definition) is 6. The number of carbonyl (C=O) groups is 2.